The first kappa shape index (κ1) is 21.1. The second kappa shape index (κ2) is 9.76. The lowest BCUT2D eigenvalue weighted by molar-refractivity contribution is 0.102. The molecule has 1 aliphatic rings. The summed E-state index contributed by atoms with van der Waals surface area (Å²) in [6.45, 7) is 6.73. The number of hydrogen-bond donors (Lipinski definition) is 1. The summed E-state index contributed by atoms with van der Waals surface area (Å²) in [6, 6.07) is 15.6. The summed E-state index contributed by atoms with van der Waals surface area (Å²) in [5.74, 6) is 0.854. The molecule has 0 saturated heterocycles. The Hall–Kier alpha value is -3.16. The van der Waals surface area contributed by atoms with Gasteiger partial charge in [0.2, 0.25) is 0 Å². The lowest BCUT2D eigenvalue weighted by Crippen LogP contribution is -2.29. The van der Waals surface area contributed by atoms with Gasteiger partial charge >= 0.3 is 0 Å². The molecule has 2 aromatic carbocycles. The fraction of sp³-hybridized carbons (Fsp3) is 0.250. The number of thiazole rings is 1. The molecule has 0 saturated carbocycles. The quantitative estimate of drug-likeness (QED) is 0.527. The molecular weight excluding hydrogens is 410 g/mol. The molecule has 1 amide bonds. The highest BCUT2D eigenvalue weighted by Crippen LogP contribution is 2.31. The first-order chi connectivity index (χ1) is 15.2. The number of fused-ring (bicyclic) bond motifs is 1. The normalized spacial score (nSPS) is 13.3. The summed E-state index contributed by atoms with van der Waals surface area (Å²) >= 11 is 1.55. The van der Waals surface area contributed by atoms with Crippen molar-refractivity contribution in [3.8, 4) is 11.5 Å². The summed E-state index contributed by atoms with van der Waals surface area (Å²) in [4.78, 5) is 21.0. The predicted octanol–water partition coefficient (Wildman–Crippen LogP) is 4.53. The van der Waals surface area contributed by atoms with Crippen molar-refractivity contribution >= 4 is 22.4 Å². The number of carbonyl (C=O) groups is 1. The topological polar surface area (TPSA) is 63.7 Å². The van der Waals surface area contributed by atoms with Gasteiger partial charge in [-0.1, -0.05) is 43.0 Å². The van der Waals surface area contributed by atoms with E-state index in [9.17, 15) is 4.79 Å². The van der Waals surface area contributed by atoms with E-state index in [0.29, 0.717) is 28.8 Å². The standard InChI is InChI=1S/C24H25N3O3S/c1-3-13-30-20-10-9-18(14-21(20)29-2)23(28)26-24-25-19-11-12-27(16-22(19)31-24)15-17-7-5-4-6-8-17/h3-10,14H,1,11-13,15-16H2,2H3,(H,25,26,28). The Labute approximate surface area is 186 Å². The van der Waals surface area contributed by atoms with Crippen molar-refractivity contribution in [2.45, 2.75) is 19.5 Å². The highest BCUT2D eigenvalue weighted by Gasteiger charge is 2.22. The molecule has 0 atom stereocenters. The van der Waals surface area contributed by atoms with Gasteiger partial charge in [0.1, 0.15) is 6.61 Å². The molecule has 4 rings (SSSR count). The number of nitrogens with one attached hydrogen (secondary N) is 1. The Bertz CT molecular complexity index is 1070. The highest BCUT2D eigenvalue weighted by atomic mass is 32.1. The number of aromatic nitrogens is 1. The fourth-order valence-electron chi connectivity index (χ4n) is 3.52. The van der Waals surface area contributed by atoms with E-state index in [1.54, 1.807) is 42.7 Å². The molecule has 3 aromatic rings. The molecule has 0 bridgehead atoms. The number of nitrogens with zero attached hydrogens (tertiary/aromatic N) is 2. The van der Waals surface area contributed by atoms with E-state index in [1.807, 2.05) is 6.07 Å². The van der Waals surface area contributed by atoms with Crippen LogP contribution in [0.3, 0.4) is 0 Å². The minimum Gasteiger partial charge on any atom is -0.493 e. The summed E-state index contributed by atoms with van der Waals surface area (Å²) in [7, 11) is 1.55. The van der Waals surface area contributed by atoms with Gasteiger partial charge in [0.15, 0.2) is 16.6 Å². The Kier molecular flexibility index (Phi) is 6.64. The van der Waals surface area contributed by atoms with Gasteiger partial charge in [-0.3, -0.25) is 15.0 Å². The van der Waals surface area contributed by atoms with Gasteiger partial charge in [0.05, 0.1) is 12.8 Å². The number of carbonyl (C=O) groups excluding carboxylic acids is 1. The Morgan fingerprint density at radius 1 is 1.26 bits per heavy atom. The minimum absolute atomic E-state index is 0.221. The minimum atomic E-state index is -0.221. The van der Waals surface area contributed by atoms with Crippen molar-refractivity contribution in [3.05, 3.63) is 82.9 Å². The highest BCUT2D eigenvalue weighted by molar-refractivity contribution is 7.15. The van der Waals surface area contributed by atoms with Gasteiger partial charge in [-0.15, -0.1) is 11.3 Å². The molecule has 2 heterocycles. The zero-order chi connectivity index (χ0) is 21.6. The van der Waals surface area contributed by atoms with E-state index in [0.717, 1.165) is 31.7 Å². The van der Waals surface area contributed by atoms with Crippen molar-refractivity contribution in [1.82, 2.24) is 9.88 Å². The molecule has 1 aliphatic heterocycles. The van der Waals surface area contributed by atoms with Crippen LogP contribution in [0.4, 0.5) is 5.13 Å². The number of hydrogen-bond acceptors (Lipinski definition) is 6. The first-order valence-electron chi connectivity index (χ1n) is 10.1. The molecular formula is C24H25N3O3S. The second-order valence-electron chi connectivity index (χ2n) is 7.25. The van der Waals surface area contributed by atoms with Crippen LogP contribution in [0.2, 0.25) is 0 Å². The van der Waals surface area contributed by atoms with Crippen LogP contribution in [0.5, 0.6) is 11.5 Å². The summed E-state index contributed by atoms with van der Waals surface area (Å²) in [5, 5.41) is 3.56. The molecule has 1 N–H and O–H groups in total. The predicted molar refractivity (Wildman–Crippen MR) is 123 cm³/mol. The van der Waals surface area contributed by atoms with Gasteiger partial charge in [0.25, 0.3) is 5.91 Å². The Balaban J connectivity index is 1.42. The Morgan fingerprint density at radius 2 is 2.10 bits per heavy atom. The largest absolute Gasteiger partial charge is 0.493 e. The van der Waals surface area contributed by atoms with E-state index >= 15 is 0 Å². The van der Waals surface area contributed by atoms with Crippen LogP contribution in [0.25, 0.3) is 0 Å². The lowest BCUT2D eigenvalue weighted by atomic mass is 10.1. The van der Waals surface area contributed by atoms with Crippen molar-refractivity contribution < 1.29 is 14.3 Å². The van der Waals surface area contributed by atoms with Gasteiger partial charge in [0, 0.05) is 36.5 Å². The van der Waals surface area contributed by atoms with E-state index in [2.05, 4.69) is 46.0 Å². The molecule has 0 radical (unpaired) electrons. The second-order valence-corrected chi connectivity index (χ2v) is 8.34. The SMILES string of the molecule is C=CCOc1ccc(C(=O)Nc2nc3c(s2)CN(Cc2ccccc2)CC3)cc1OC. The molecule has 160 valence electrons. The lowest BCUT2D eigenvalue weighted by Gasteiger charge is -2.25. The van der Waals surface area contributed by atoms with Crippen molar-refractivity contribution in [3.63, 3.8) is 0 Å². The van der Waals surface area contributed by atoms with Gasteiger partial charge in [-0.25, -0.2) is 4.98 Å². The number of amides is 1. The molecule has 0 spiro atoms. The molecule has 0 fully saturated rings. The van der Waals surface area contributed by atoms with Crippen LogP contribution in [-0.4, -0.2) is 36.1 Å². The Morgan fingerprint density at radius 3 is 2.87 bits per heavy atom. The van der Waals surface area contributed by atoms with Gasteiger partial charge in [-0.05, 0) is 23.8 Å². The van der Waals surface area contributed by atoms with Crippen molar-refractivity contribution in [2.24, 2.45) is 0 Å². The maximum Gasteiger partial charge on any atom is 0.257 e. The monoisotopic (exact) mass is 435 g/mol. The number of rotatable bonds is 8. The van der Waals surface area contributed by atoms with E-state index < -0.39 is 0 Å². The van der Waals surface area contributed by atoms with Crippen LogP contribution in [0.15, 0.2) is 61.2 Å². The zero-order valence-electron chi connectivity index (χ0n) is 17.5. The third-order valence-corrected chi connectivity index (χ3v) is 6.06. The third kappa shape index (κ3) is 5.13. The summed E-state index contributed by atoms with van der Waals surface area (Å²) in [6.07, 6.45) is 2.54. The fourth-order valence-corrected chi connectivity index (χ4v) is 4.57. The molecule has 6 nitrogen and oxygen atoms in total. The molecule has 0 aliphatic carbocycles. The maximum atomic E-state index is 12.8. The maximum absolute atomic E-state index is 12.8. The zero-order valence-corrected chi connectivity index (χ0v) is 18.3. The van der Waals surface area contributed by atoms with Gasteiger partial charge in [-0.2, -0.15) is 0 Å². The first-order valence-corrected chi connectivity index (χ1v) is 11.0. The average Bonchev–Trinajstić information content (AvgIpc) is 3.19. The van der Waals surface area contributed by atoms with E-state index in [1.165, 1.54) is 10.4 Å². The van der Waals surface area contributed by atoms with Crippen LogP contribution in [-0.2, 0) is 19.5 Å². The van der Waals surface area contributed by atoms with E-state index in [-0.39, 0.29) is 5.91 Å². The average molecular weight is 436 g/mol. The number of methoxy groups -OCH3 is 1. The van der Waals surface area contributed by atoms with Crippen LogP contribution in [0.1, 0.15) is 26.5 Å². The van der Waals surface area contributed by atoms with E-state index in [4.69, 9.17) is 9.47 Å². The number of ether oxygens (including phenoxy) is 2. The molecule has 31 heavy (non-hydrogen) atoms. The van der Waals surface area contributed by atoms with Gasteiger partial charge < -0.3 is 9.47 Å². The smallest absolute Gasteiger partial charge is 0.257 e. The molecule has 1 aromatic heterocycles. The third-order valence-electron chi connectivity index (χ3n) is 5.06. The van der Waals surface area contributed by atoms with Crippen LogP contribution in [0, 0.1) is 0 Å². The summed E-state index contributed by atoms with van der Waals surface area (Å²) in [5.41, 5.74) is 2.87. The number of benzene rings is 2. The molecule has 7 heteroatoms. The molecule has 0 unspecified atom stereocenters. The van der Waals surface area contributed by atoms with Crippen molar-refractivity contribution in [2.75, 3.05) is 25.6 Å². The van der Waals surface area contributed by atoms with Crippen LogP contribution < -0.4 is 14.8 Å². The van der Waals surface area contributed by atoms with Crippen molar-refractivity contribution in [1.29, 1.82) is 0 Å². The van der Waals surface area contributed by atoms with Crippen LogP contribution >= 0.6 is 11.3 Å². The summed E-state index contributed by atoms with van der Waals surface area (Å²) < 4.78 is 10.9. The number of anilines is 1.